The fourth-order valence-corrected chi connectivity index (χ4v) is 4.03. The molecule has 2 aromatic rings. The van der Waals surface area contributed by atoms with Crippen LogP contribution in [0.1, 0.15) is 37.8 Å². The van der Waals surface area contributed by atoms with Crippen molar-refractivity contribution in [3.05, 3.63) is 75.5 Å². The van der Waals surface area contributed by atoms with Crippen LogP contribution in [0, 0.1) is 11.7 Å². The van der Waals surface area contributed by atoms with Crippen LogP contribution in [0.4, 0.5) is 10.2 Å². The lowest BCUT2D eigenvalue weighted by Gasteiger charge is -2.28. The monoisotopic (exact) mass is 429 g/mol. The highest BCUT2D eigenvalue weighted by molar-refractivity contribution is 7.99. The fraction of sp³-hybridized carbons (Fsp3) is 0.318. The highest BCUT2D eigenvalue weighted by atomic mass is 32.2. The van der Waals surface area contributed by atoms with E-state index in [9.17, 15) is 14.0 Å². The van der Waals surface area contributed by atoms with Gasteiger partial charge in [0.25, 0.3) is 5.56 Å². The van der Waals surface area contributed by atoms with E-state index in [0.717, 1.165) is 5.75 Å². The molecule has 1 aliphatic heterocycles. The van der Waals surface area contributed by atoms with E-state index in [0.29, 0.717) is 33.7 Å². The Labute approximate surface area is 178 Å². The minimum Gasteiger partial charge on any atom is -0.458 e. The average molecular weight is 430 g/mol. The number of ether oxygens (including phenoxy) is 1. The van der Waals surface area contributed by atoms with E-state index in [4.69, 9.17) is 4.74 Å². The van der Waals surface area contributed by atoms with Crippen LogP contribution in [0.3, 0.4) is 0 Å². The van der Waals surface area contributed by atoms with Gasteiger partial charge in [-0.15, -0.1) is 0 Å². The Balaban J connectivity index is 2.13. The molecule has 0 amide bonds. The first-order chi connectivity index (χ1) is 14.3. The predicted molar refractivity (Wildman–Crippen MR) is 116 cm³/mol. The van der Waals surface area contributed by atoms with Crippen molar-refractivity contribution in [1.82, 2.24) is 9.97 Å². The van der Waals surface area contributed by atoms with Crippen molar-refractivity contribution in [1.29, 1.82) is 0 Å². The Hall–Kier alpha value is -2.87. The van der Waals surface area contributed by atoms with Crippen molar-refractivity contribution in [3.63, 3.8) is 0 Å². The van der Waals surface area contributed by atoms with Gasteiger partial charge in [-0.1, -0.05) is 50.4 Å². The molecule has 0 fully saturated rings. The number of aromatic amines is 1. The van der Waals surface area contributed by atoms with Gasteiger partial charge in [-0.3, -0.25) is 4.79 Å². The third-order valence-corrected chi connectivity index (χ3v) is 5.83. The summed E-state index contributed by atoms with van der Waals surface area (Å²) in [5.74, 6) is -0.0907. The second kappa shape index (κ2) is 9.30. The van der Waals surface area contributed by atoms with Crippen LogP contribution in [0.15, 0.2) is 58.1 Å². The second-order valence-electron chi connectivity index (χ2n) is 7.37. The van der Waals surface area contributed by atoms with E-state index in [1.807, 2.05) is 0 Å². The number of H-pyrrole nitrogens is 1. The third-order valence-electron chi connectivity index (χ3n) is 4.53. The maximum atomic E-state index is 13.5. The van der Waals surface area contributed by atoms with Gasteiger partial charge in [0.15, 0.2) is 5.16 Å². The Morgan fingerprint density at radius 2 is 2.07 bits per heavy atom. The number of hydrogen-bond acceptors (Lipinski definition) is 6. The van der Waals surface area contributed by atoms with Crippen LogP contribution in [0.25, 0.3) is 0 Å². The van der Waals surface area contributed by atoms with Crippen LogP contribution in [-0.4, -0.2) is 28.3 Å². The molecule has 1 aromatic heterocycles. The molecule has 1 aromatic carbocycles. The number of rotatable bonds is 7. The zero-order valence-electron chi connectivity index (χ0n) is 17.1. The maximum absolute atomic E-state index is 13.5. The fourth-order valence-electron chi connectivity index (χ4n) is 3.22. The molecule has 2 heterocycles. The molecule has 0 radical (unpaired) electrons. The van der Waals surface area contributed by atoms with E-state index < -0.39 is 17.7 Å². The van der Waals surface area contributed by atoms with Crippen molar-refractivity contribution in [3.8, 4) is 0 Å². The molecule has 1 atom stereocenters. The van der Waals surface area contributed by atoms with E-state index in [1.165, 1.54) is 30.0 Å². The quantitative estimate of drug-likeness (QED) is 0.297. The SMILES string of the molecule is C=CCOC(=O)C1=C(C)Nc2nc(SCC(C)C)[nH]c(=O)c2C1c1ccc(F)cc1. The summed E-state index contributed by atoms with van der Waals surface area (Å²) in [5, 5.41) is 3.58. The van der Waals surface area contributed by atoms with Gasteiger partial charge >= 0.3 is 5.97 Å². The zero-order chi connectivity index (χ0) is 21.8. The average Bonchev–Trinajstić information content (AvgIpc) is 2.70. The van der Waals surface area contributed by atoms with Gasteiger partial charge in [-0.25, -0.2) is 14.2 Å². The minimum atomic E-state index is -0.737. The molecule has 2 N–H and O–H groups in total. The molecule has 30 heavy (non-hydrogen) atoms. The van der Waals surface area contributed by atoms with E-state index in [2.05, 4.69) is 35.7 Å². The van der Waals surface area contributed by atoms with Crippen LogP contribution in [0.5, 0.6) is 0 Å². The number of aromatic nitrogens is 2. The van der Waals surface area contributed by atoms with Gasteiger partial charge in [0.05, 0.1) is 17.1 Å². The van der Waals surface area contributed by atoms with Gasteiger partial charge in [0.2, 0.25) is 0 Å². The number of anilines is 1. The van der Waals surface area contributed by atoms with Crippen LogP contribution in [0.2, 0.25) is 0 Å². The summed E-state index contributed by atoms with van der Waals surface area (Å²) in [4.78, 5) is 33.2. The highest BCUT2D eigenvalue weighted by Gasteiger charge is 2.36. The Bertz CT molecular complexity index is 1040. The smallest absolute Gasteiger partial charge is 0.337 e. The number of allylic oxidation sites excluding steroid dienone is 1. The molecule has 1 aliphatic rings. The first kappa shape index (κ1) is 21.8. The predicted octanol–water partition coefficient (Wildman–Crippen LogP) is 4.22. The number of nitrogens with one attached hydrogen (secondary N) is 2. The summed E-state index contributed by atoms with van der Waals surface area (Å²) < 4.78 is 18.8. The lowest BCUT2D eigenvalue weighted by molar-refractivity contribution is -0.138. The number of thioether (sulfide) groups is 1. The lowest BCUT2D eigenvalue weighted by Crippen LogP contribution is -2.31. The van der Waals surface area contributed by atoms with E-state index in [1.54, 1.807) is 19.1 Å². The van der Waals surface area contributed by atoms with Crippen molar-refractivity contribution in [2.24, 2.45) is 5.92 Å². The van der Waals surface area contributed by atoms with Gasteiger partial charge in [-0.2, -0.15) is 0 Å². The van der Waals surface area contributed by atoms with Gasteiger partial charge in [-0.05, 0) is 30.5 Å². The standard InChI is InChI=1S/C22H24FN3O3S/c1-5-10-29-21(28)16-13(4)24-19-18(17(16)14-6-8-15(23)9-7-14)20(27)26-22(25-19)30-11-12(2)3/h5-9,12,17H,1,10-11H2,2-4H3,(H2,24,25,26,27). The summed E-state index contributed by atoms with van der Waals surface area (Å²) in [7, 11) is 0. The number of halogens is 1. The lowest BCUT2D eigenvalue weighted by atomic mass is 9.82. The summed E-state index contributed by atoms with van der Waals surface area (Å²) in [5.41, 5.74) is 1.36. The van der Waals surface area contributed by atoms with Gasteiger partial charge < -0.3 is 15.0 Å². The molecular formula is C22H24FN3O3S. The number of nitrogens with zero attached hydrogens (tertiary/aromatic N) is 1. The Morgan fingerprint density at radius 1 is 1.37 bits per heavy atom. The highest BCUT2D eigenvalue weighted by Crippen LogP contribution is 2.40. The first-order valence-electron chi connectivity index (χ1n) is 9.60. The van der Waals surface area contributed by atoms with Crippen molar-refractivity contribution < 1.29 is 13.9 Å². The zero-order valence-corrected chi connectivity index (χ0v) is 17.9. The molecule has 158 valence electrons. The van der Waals surface area contributed by atoms with Crippen LogP contribution in [-0.2, 0) is 9.53 Å². The van der Waals surface area contributed by atoms with E-state index >= 15 is 0 Å². The summed E-state index contributed by atoms with van der Waals surface area (Å²) >= 11 is 1.46. The molecule has 8 heteroatoms. The summed E-state index contributed by atoms with van der Waals surface area (Å²) in [6.07, 6.45) is 1.47. The normalized spacial score (nSPS) is 15.6. The second-order valence-corrected chi connectivity index (χ2v) is 8.38. The molecular weight excluding hydrogens is 405 g/mol. The number of benzene rings is 1. The molecule has 6 nitrogen and oxygen atoms in total. The van der Waals surface area contributed by atoms with Crippen molar-refractivity contribution in [2.75, 3.05) is 17.7 Å². The largest absolute Gasteiger partial charge is 0.458 e. The molecule has 0 saturated heterocycles. The molecule has 3 rings (SSSR count). The Morgan fingerprint density at radius 3 is 2.70 bits per heavy atom. The minimum absolute atomic E-state index is 0.0397. The third kappa shape index (κ3) is 4.64. The topological polar surface area (TPSA) is 84.1 Å². The van der Waals surface area contributed by atoms with Crippen LogP contribution < -0.4 is 10.9 Å². The number of esters is 1. The maximum Gasteiger partial charge on any atom is 0.337 e. The molecule has 0 aliphatic carbocycles. The molecule has 0 bridgehead atoms. The van der Waals surface area contributed by atoms with Crippen LogP contribution >= 0.6 is 11.8 Å². The summed E-state index contributed by atoms with van der Waals surface area (Å²) in [6, 6.07) is 5.72. The molecule has 0 spiro atoms. The number of hydrogen-bond donors (Lipinski definition) is 2. The number of fused-ring (bicyclic) bond motifs is 1. The number of carbonyl (C=O) groups is 1. The van der Waals surface area contributed by atoms with Crippen molar-refractivity contribution in [2.45, 2.75) is 31.8 Å². The number of carbonyl (C=O) groups excluding carboxylic acids is 1. The van der Waals surface area contributed by atoms with E-state index in [-0.39, 0.29) is 17.7 Å². The Kier molecular flexibility index (Phi) is 6.77. The van der Waals surface area contributed by atoms with Gasteiger partial charge in [0.1, 0.15) is 18.2 Å². The van der Waals surface area contributed by atoms with Crippen molar-refractivity contribution >= 4 is 23.5 Å². The van der Waals surface area contributed by atoms with Gasteiger partial charge in [0, 0.05) is 11.4 Å². The first-order valence-corrected chi connectivity index (χ1v) is 10.6. The summed E-state index contributed by atoms with van der Waals surface area (Å²) in [6.45, 7) is 9.49. The molecule has 0 saturated carbocycles. The molecule has 1 unspecified atom stereocenters.